The highest BCUT2D eigenvalue weighted by Gasteiger charge is 2.19. The predicted molar refractivity (Wildman–Crippen MR) is 89.4 cm³/mol. The zero-order valence-corrected chi connectivity index (χ0v) is 13.4. The van der Waals surface area contributed by atoms with E-state index in [0.29, 0.717) is 12.1 Å². The van der Waals surface area contributed by atoms with Crippen LogP contribution in [0.2, 0.25) is 0 Å². The average molecular weight is 324 g/mol. The standard InChI is InChI=1S/C18H20N4O2/c23-17(22-14-5-1-2-6-14)13-8-10-20-16(11-13)18(24)21-12-15-7-3-4-9-19-15/h3-4,7-11,14H,1-2,5-6,12H2,(H,21,24)(H,22,23). The third-order valence-electron chi connectivity index (χ3n) is 4.10. The molecule has 6 nitrogen and oxygen atoms in total. The van der Waals surface area contributed by atoms with Crippen molar-refractivity contribution in [2.24, 2.45) is 0 Å². The van der Waals surface area contributed by atoms with Gasteiger partial charge in [0.05, 0.1) is 12.2 Å². The van der Waals surface area contributed by atoms with Gasteiger partial charge in [0.2, 0.25) is 0 Å². The second kappa shape index (κ2) is 7.68. The molecular formula is C18H20N4O2. The minimum atomic E-state index is -0.323. The van der Waals surface area contributed by atoms with Crippen LogP contribution in [-0.4, -0.2) is 27.8 Å². The Morgan fingerprint density at radius 2 is 1.88 bits per heavy atom. The molecule has 124 valence electrons. The molecule has 2 N–H and O–H groups in total. The van der Waals surface area contributed by atoms with E-state index >= 15 is 0 Å². The number of carbonyl (C=O) groups excluding carboxylic acids is 2. The summed E-state index contributed by atoms with van der Waals surface area (Å²) in [6.07, 6.45) is 7.51. The third-order valence-corrected chi connectivity index (χ3v) is 4.10. The maximum Gasteiger partial charge on any atom is 0.270 e. The molecule has 0 aliphatic heterocycles. The highest BCUT2D eigenvalue weighted by molar-refractivity contribution is 5.98. The van der Waals surface area contributed by atoms with Gasteiger partial charge in [0.25, 0.3) is 11.8 Å². The fraction of sp³-hybridized carbons (Fsp3) is 0.333. The lowest BCUT2D eigenvalue weighted by atomic mass is 10.1. The van der Waals surface area contributed by atoms with Gasteiger partial charge in [-0.1, -0.05) is 18.9 Å². The molecule has 1 fully saturated rings. The van der Waals surface area contributed by atoms with Gasteiger partial charge in [-0.2, -0.15) is 0 Å². The van der Waals surface area contributed by atoms with Gasteiger partial charge in [0, 0.05) is 24.0 Å². The van der Waals surface area contributed by atoms with Gasteiger partial charge in [-0.05, 0) is 37.1 Å². The quantitative estimate of drug-likeness (QED) is 0.882. The van der Waals surface area contributed by atoms with E-state index < -0.39 is 0 Å². The molecule has 0 radical (unpaired) electrons. The Balaban J connectivity index is 1.61. The first-order valence-corrected chi connectivity index (χ1v) is 8.17. The summed E-state index contributed by atoms with van der Waals surface area (Å²) in [4.78, 5) is 32.7. The summed E-state index contributed by atoms with van der Waals surface area (Å²) in [5.74, 6) is -0.473. The van der Waals surface area contributed by atoms with Crippen molar-refractivity contribution < 1.29 is 9.59 Å². The van der Waals surface area contributed by atoms with E-state index in [9.17, 15) is 9.59 Å². The van der Waals surface area contributed by atoms with Gasteiger partial charge < -0.3 is 10.6 Å². The first kappa shape index (κ1) is 16.1. The van der Waals surface area contributed by atoms with E-state index in [1.807, 2.05) is 18.2 Å². The maximum atomic E-state index is 12.3. The number of nitrogens with one attached hydrogen (secondary N) is 2. The van der Waals surface area contributed by atoms with E-state index in [0.717, 1.165) is 31.4 Å². The van der Waals surface area contributed by atoms with Crippen LogP contribution in [0.4, 0.5) is 0 Å². The molecule has 6 heteroatoms. The summed E-state index contributed by atoms with van der Waals surface area (Å²) in [6, 6.07) is 8.91. The van der Waals surface area contributed by atoms with Crippen molar-refractivity contribution in [3.8, 4) is 0 Å². The molecule has 0 unspecified atom stereocenters. The predicted octanol–water partition coefficient (Wildman–Crippen LogP) is 2.08. The van der Waals surface area contributed by atoms with Crippen LogP contribution in [0, 0.1) is 0 Å². The first-order chi connectivity index (χ1) is 11.7. The molecule has 2 aromatic heterocycles. The number of amides is 2. The largest absolute Gasteiger partial charge is 0.349 e. The summed E-state index contributed by atoms with van der Waals surface area (Å²) in [6.45, 7) is 0.319. The molecule has 0 spiro atoms. The number of rotatable bonds is 5. The van der Waals surface area contributed by atoms with Crippen LogP contribution in [0.25, 0.3) is 0 Å². The molecule has 2 aromatic rings. The lowest BCUT2D eigenvalue weighted by molar-refractivity contribution is 0.0937. The summed E-state index contributed by atoms with van der Waals surface area (Å²) in [5.41, 5.74) is 1.45. The molecule has 0 saturated heterocycles. The van der Waals surface area contributed by atoms with Gasteiger partial charge in [-0.15, -0.1) is 0 Å². The van der Waals surface area contributed by atoms with Crippen LogP contribution in [-0.2, 0) is 6.54 Å². The normalized spacial score (nSPS) is 14.3. The van der Waals surface area contributed by atoms with Crippen molar-refractivity contribution >= 4 is 11.8 Å². The number of nitrogens with zero attached hydrogens (tertiary/aromatic N) is 2. The van der Waals surface area contributed by atoms with Crippen molar-refractivity contribution in [3.63, 3.8) is 0 Å². The molecule has 1 aliphatic rings. The second-order valence-electron chi connectivity index (χ2n) is 5.89. The van der Waals surface area contributed by atoms with Crippen LogP contribution in [0.15, 0.2) is 42.7 Å². The van der Waals surface area contributed by atoms with Crippen molar-refractivity contribution in [2.45, 2.75) is 38.3 Å². The molecule has 2 amide bonds. The van der Waals surface area contributed by atoms with Crippen molar-refractivity contribution in [1.82, 2.24) is 20.6 Å². The van der Waals surface area contributed by atoms with Gasteiger partial charge in [-0.25, -0.2) is 0 Å². The number of pyridine rings is 2. The Bertz CT molecular complexity index is 712. The lowest BCUT2D eigenvalue weighted by Gasteiger charge is -2.12. The van der Waals surface area contributed by atoms with Crippen LogP contribution in [0.3, 0.4) is 0 Å². The molecule has 1 saturated carbocycles. The van der Waals surface area contributed by atoms with Crippen molar-refractivity contribution in [3.05, 3.63) is 59.7 Å². The molecule has 2 heterocycles. The number of hydrogen-bond acceptors (Lipinski definition) is 4. The zero-order valence-electron chi connectivity index (χ0n) is 13.4. The molecule has 0 aromatic carbocycles. The Morgan fingerprint density at radius 1 is 1.04 bits per heavy atom. The molecule has 0 bridgehead atoms. The van der Waals surface area contributed by atoms with Crippen LogP contribution in [0.1, 0.15) is 52.2 Å². The minimum absolute atomic E-state index is 0.150. The van der Waals surface area contributed by atoms with E-state index in [1.54, 1.807) is 12.3 Å². The fourth-order valence-corrected chi connectivity index (χ4v) is 2.80. The molecule has 0 atom stereocenters. The van der Waals surface area contributed by atoms with Gasteiger partial charge in [0.15, 0.2) is 0 Å². The SMILES string of the molecule is O=C(NC1CCCC1)c1ccnc(C(=O)NCc2ccccn2)c1. The summed E-state index contributed by atoms with van der Waals surface area (Å²) < 4.78 is 0. The summed E-state index contributed by atoms with van der Waals surface area (Å²) in [5, 5.41) is 5.77. The van der Waals surface area contributed by atoms with Crippen LogP contribution in [0.5, 0.6) is 0 Å². The molecular weight excluding hydrogens is 304 g/mol. The summed E-state index contributed by atoms with van der Waals surface area (Å²) >= 11 is 0. The highest BCUT2D eigenvalue weighted by Crippen LogP contribution is 2.18. The first-order valence-electron chi connectivity index (χ1n) is 8.17. The fourth-order valence-electron chi connectivity index (χ4n) is 2.80. The number of hydrogen-bond donors (Lipinski definition) is 2. The van der Waals surface area contributed by atoms with E-state index in [1.165, 1.54) is 12.3 Å². The summed E-state index contributed by atoms with van der Waals surface area (Å²) in [7, 11) is 0. The van der Waals surface area contributed by atoms with E-state index in [2.05, 4.69) is 20.6 Å². The Kier molecular flexibility index (Phi) is 5.15. The Morgan fingerprint density at radius 3 is 2.62 bits per heavy atom. The maximum absolute atomic E-state index is 12.3. The van der Waals surface area contributed by atoms with E-state index in [4.69, 9.17) is 0 Å². The smallest absolute Gasteiger partial charge is 0.270 e. The van der Waals surface area contributed by atoms with E-state index in [-0.39, 0.29) is 23.6 Å². The topological polar surface area (TPSA) is 84.0 Å². The molecule has 3 rings (SSSR count). The average Bonchev–Trinajstić information content (AvgIpc) is 3.13. The lowest BCUT2D eigenvalue weighted by Crippen LogP contribution is -2.33. The van der Waals surface area contributed by atoms with Crippen LogP contribution >= 0.6 is 0 Å². The van der Waals surface area contributed by atoms with Gasteiger partial charge >= 0.3 is 0 Å². The van der Waals surface area contributed by atoms with Crippen molar-refractivity contribution in [1.29, 1.82) is 0 Å². The van der Waals surface area contributed by atoms with Gasteiger partial charge in [0.1, 0.15) is 5.69 Å². The van der Waals surface area contributed by atoms with Crippen molar-refractivity contribution in [2.75, 3.05) is 0 Å². The molecule has 24 heavy (non-hydrogen) atoms. The van der Waals surface area contributed by atoms with Gasteiger partial charge in [-0.3, -0.25) is 19.6 Å². The molecule has 1 aliphatic carbocycles. The number of carbonyl (C=O) groups is 2. The Labute approximate surface area is 140 Å². The minimum Gasteiger partial charge on any atom is -0.349 e. The highest BCUT2D eigenvalue weighted by atomic mass is 16.2. The monoisotopic (exact) mass is 324 g/mol. The Hall–Kier alpha value is -2.76. The second-order valence-corrected chi connectivity index (χ2v) is 5.89. The number of aromatic nitrogens is 2. The third kappa shape index (κ3) is 4.16. The zero-order chi connectivity index (χ0) is 16.8. The van der Waals surface area contributed by atoms with Crippen LogP contribution < -0.4 is 10.6 Å².